The van der Waals surface area contributed by atoms with Gasteiger partial charge < -0.3 is 9.67 Å². The van der Waals surface area contributed by atoms with Crippen LogP contribution in [0.5, 0.6) is 0 Å². The highest BCUT2D eigenvalue weighted by Gasteiger charge is 2.21. The first-order valence-electron chi connectivity index (χ1n) is 5.16. The lowest BCUT2D eigenvalue weighted by Crippen LogP contribution is -2.30. The van der Waals surface area contributed by atoms with E-state index in [2.05, 4.69) is 10.3 Å². The van der Waals surface area contributed by atoms with Gasteiger partial charge in [0.15, 0.2) is 0 Å². The topological polar surface area (TPSA) is 67.2 Å². The fraction of sp³-hybridized carbons (Fsp3) is 0.600. The van der Waals surface area contributed by atoms with Gasteiger partial charge in [0, 0.05) is 6.54 Å². The first-order chi connectivity index (χ1) is 7.20. The van der Waals surface area contributed by atoms with E-state index in [0.717, 1.165) is 13.0 Å². The van der Waals surface area contributed by atoms with Crippen molar-refractivity contribution in [1.29, 1.82) is 0 Å². The molecule has 84 valence electrons. The third-order valence-corrected chi connectivity index (χ3v) is 2.23. The molecular weight excluding hydrogens is 194 g/mol. The molecule has 0 fully saturated rings. The van der Waals surface area contributed by atoms with E-state index in [0.29, 0.717) is 12.2 Å². The Labute approximate surface area is 89.1 Å². The van der Waals surface area contributed by atoms with Crippen molar-refractivity contribution in [2.45, 2.75) is 32.9 Å². The van der Waals surface area contributed by atoms with E-state index in [4.69, 9.17) is 5.11 Å². The minimum atomic E-state index is -0.862. The SMILES string of the molecule is CCCNC(C(=O)O)c1cncn1CC. The number of nitrogens with zero attached hydrogens (tertiary/aromatic N) is 2. The van der Waals surface area contributed by atoms with Gasteiger partial charge in [-0.3, -0.25) is 10.1 Å². The van der Waals surface area contributed by atoms with E-state index in [-0.39, 0.29) is 0 Å². The summed E-state index contributed by atoms with van der Waals surface area (Å²) in [5.41, 5.74) is 0.707. The lowest BCUT2D eigenvalue weighted by Gasteiger charge is -2.15. The Kier molecular flexibility index (Phi) is 4.30. The molecule has 0 aromatic carbocycles. The number of carboxylic acids is 1. The summed E-state index contributed by atoms with van der Waals surface area (Å²) in [6.07, 6.45) is 4.16. The van der Waals surface area contributed by atoms with E-state index in [1.807, 2.05) is 18.4 Å². The van der Waals surface area contributed by atoms with Crippen LogP contribution in [-0.4, -0.2) is 27.2 Å². The molecule has 0 aliphatic heterocycles. The molecule has 0 aliphatic rings. The van der Waals surface area contributed by atoms with Crippen molar-refractivity contribution < 1.29 is 9.90 Å². The van der Waals surface area contributed by atoms with Crippen LogP contribution >= 0.6 is 0 Å². The molecule has 0 radical (unpaired) electrons. The number of rotatable bonds is 6. The highest BCUT2D eigenvalue weighted by Crippen LogP contribution is 2.12. The zero-order valence-corrected chi connectivity index (χ0v) is 9.10. The zero-order valence-electron chi connectivity index (χ0n) is 9.10. The Morgan fingerprint density at radius 2 is 2.40 bits per heavy atom. The van der Waals surface area contributed by atoms with Crippen LogP contribution in [0.2, 0.25) is 0 Å². The van der Waals surface area contributed by atoms with Crippen molar-refractivity contribution in [3.63, 3.8) is 0 Å². The Bertz CT molecular complexity index is 322. The van der Waals surface area contributed by atoms with Crippen molar-refractivity contribution in [3.8, 4) is 0 Å². The van der Waals surface area contributed by atoms with E-state index in [1.165, 1.54) is 0 Å². The smallest absolute Gasteiger partial charge is 0.326 e. The first kappa shape index (κ1) is 11.7. The number of carbonyl (C=O) groups is 1. The molecule has 0 amide bonds. The van der Waals surface area contributed by atoms with Crippen molar-refractivity contribution in [2.24, 2.45) is 0 Å². The second-order valence-electron chi connectivity index (χ2n) is 3.33. The average molecular weight is 211 g/mol. The number of aryl methyl sites for hydroxylation is 1. The first-order valence-corrected chi connectivity index (χ1v) is 5.16. The maximum atomic E-state index is 11.1. The number of carboxylic acid groups (broad SMARTS) is 1. The number of hydrogen-bond donors (Lipinski definition) is 2. The summed E-state index contributed by atoms with van der Waals surface area (Å²) in [7, 11) is 0. The molecule has 5 nitrogen and oxygen atoms in total. The zero-order chi connectivity index (χ0) is 11.3. The van der Waals surface area contributed by atoms with Gasteiger partial charge in [-0.1, -0.05) is 6.92 Å². The maximum absolute atomic E-state index is 11.1. The summed E-state index contributed by atoms with van der Waals surface area (Å²) < 4.78 is 1.83. The van der Waals surface area contributed by atoms with Gasteiger partial charge in [-0.15, -0.1) is 0 Å². The predicted octanol–water partition coefficient (Wildman–Crippen LogP) is 1.03. The second-order valence-corrected chi connectivity index (χ2v) is 3.33. The highest BCUT2D eigenvalue weighted by molar-refractivity contribution is 5.74. The number of aromatic nitrogens is 2. The molecule has 1 aromatic rings. The molecule has 0 spiro atoms. The quantitative estimate of drug-likeness (QED) is 0.737. The Balaban J connectivity index is 2.83. The summed E-state index contributed by atoms with van der Waals surface area (Å²) in [5, 5.41) is 12.1. The fourth-order valence-corrected chi connectivity index (χ4v) is 1.44. The van der Waals surface area contributed by atoms with Gasteiger partial charge in [-0.2, -0.15) is 0 Å². The molecule has 2 N–H and O–H groups in total. The molecule has 5 heteroatoms. The van der Waals surface area contributed by atoms with Crippen LogP contribution < -0.4 is 5.32 Å². The van der Waals surface area contributed by atoms with Gasteiger partial charge in [0.25, 0.3) is 0 Å². The van der Waals surface area contributed by atoms with Gasteiger partial charge in [-0.25, -0.2) is 4.98 Å². The molecule has 1 unspecified atom stereocenters. The molecule has 1 aromatic heterocycles. The standard InChI is InChI=1S/C10H17N3O2/c1-3-5-12-9(10(14)15)8-6-11-7-13(8)4-2/h6-7,9,12H,3-5H2,1-2H3,(H,14,15). The largest absolute Gasteiger partial charge is 0.480 e. The maximum Gasteiger partial charge on any atom is 0.326 e. The summed E-state index contributed by atoms with van der Waals surface area (Å²) >= 11 is 0. The van der Waals surface area contributed by atoms with Crippen LogP contribution in [0.25, 0.3) is 0 Å². The highest BCUT2D eigenvalue weighted by atomic mass is 16.4. The fourth-order valence-electron chi connectivity index (χ4n) is 1.44. The number of imidazole rings is 1. The average Bonchev–Trinajstić information content (AvgIpc) is 2.66. The van der Waals surface area contributed by atoms with Crippen LogP contribution in [0.3, 0.4) is 0 Å². The van der Waals surface area contributed by atoms with Crippen LogP contribution in [0, 0.1) is 0 Å². The third kappa shape index (κ3) is 2.79. The molecular formula is C10H17N3O2. The monoisotopic (exact) mass is 211 g/mol. The predicted molar refractivity (Wildman–Crippen MR) is 56.6 cm³/mol. The Hall–Kier alpha value is -1.36. The summed E-state index contributed by atoms with van der Waals surface area (Å²) in [5.74, 6) is -0.862. The third-order valence-electron chi connectivity index (χ3n) is 2.23. The number of nitrogens with one attached hydrogen (secondary N) is 1. The molecule has 1 rings (SSSR count). The molecule has 0 bridgehead atoms. The normalized spacial score (nSPS) is 12.7. The summed E-state index contributed by atoms with van der Waals surface area (Å²) in [6, 6.07) is -0.660. The van der Waals surface area contributed by atoms with Gasteiger partial charge in [0.2, 0.25) is 0 Å². The minimum Gasteiger partial charge on any atom is -0.480 e. The van der Waals surface area contributed by atoms with Gasteiger partial charge >= 0.3 is 5.97 Å². The van der Waals surface area contributed by atoms with Gasteiger partial charge in [-0.05, 0) is 19.9 Å². The van der Waals surface area contributed by atoms with Crippen LogP contribution in [0.4, 0.5) is 0 Å². The molecule has 1 heterocycles. The lowest BCUT2D eigenvalue weighted by molar-refractivity contribution is -0.139. The number of hydrogen-bond acceptors (Lipinski definition) is 3. The van der Waals surface area contributed by atoms with Crippen LogP contribution in [0.1, 0.15) is 32.0 Å². The summed E-state index contributed by atoms with van der Waals surface area (Å²) in [6.45, 7) is 5.38. The molecule has 0 saturated heterocycles. The molecule has 0 aliphatic carbocycles. The van der Waals surface area contributed by atoms with Crippen LogP contribution in [-0.2, 0) is 11.3 Å². The van der Waals surface area contributed by atoms with E-state index < -0.39 is 12.0 Å². The van der Waals surface area contributed by atoms with E-state index >= 15 is 0 Å². The molecule has 15 heavy (non-hydrogen) atoms. The van der Waals surface area contributed by atoms with Crippen molar-refractivity contribution >= 4 is 5.97 Å². The van der Waals surface area contributed by atoms with Gasteiger partial charge in [0.1, 0.15) is 6.04 Å². The Morgan fingerprint density at radius 1 is 1.67 bits per heavy atom. The minimum absolute atomic E-state index is 0.660. The molecule has 0 saturated carbocycles. The van der Waals surface area contributed by atoms with Gasteiger partial charge in [0.05, 0.1) is 18.2 Å². The second kappa shape index (κ2) is 5.50. The molecule has 1 atom stereocenters. The van der Waals surface area contributed by atoms with E-state index in [1.54, 1.807) is 12.5 Å². The Morgan fingerprint density at radius 3 is 2.93 bits per heavy atom. The van der Waals surface area contributed by atoms with Crippen molar-refractivity contribution in [3.05, 3.63) is 18.2 Å². The van der Waals surface area contributed by atoms with Crippen LogP contribution in [0.15, 0.2) is 12.5 Å². The van der Waals surface area contributed by atoms with Crippen molar-refractivity contribution in [2.75, 3.05) is 6.54 Å². The number of aliphatic carboxylic acids is 1. The summed E-state index contributed by atoms with van der Waals surface area (Å²) in [4.78, 5) is 15.0. The van der Waals surface area contributed by atoms with Crippen molar-refractivity contribution in [1.82, 2.24) is 14.9 Å². The lowest BCUT2D eigenvalue weighted by atomic mass is 10.2. The van der Waals surface area contributed by atoms with E-state index in [9.17, 15) is 4.79 Å².